The van der Waals surface area contributed by atoms with Gasteiger partial charge in [-0.1, -0.05) is 30.8 Å². The van der Waals surface area contributed by atoms with Crippen LogP contribution in [0.2, 0.25) is 0 Å². The molecule has 1 aliphatic heterocycles. The number of nitrogens with one attached hydrogen (secondary N) is 4. The molecule has 1 aliphatic rings. The number of amides is 1. The number of halogens is 1. The second-order valence-corrected chi connectivity index (χ2v) is 10.1. The van der Waals surface area contributed by atoms with Crippen molar-refractivity contribution in [1.29, 1.82) is 0 Å². The highest BCUT2D eigenvalue weighted by Crippen LogP contribution is 2.35. The van der Waals surface area contributed by atoms with Crippen molar-refractivity contribution in [3.63, 3.8) is 0 Å². The molecule has 0 aliphatic carbocycles. The lowest BCUT2D eigenvalue weighted by Gasteiger charge is -2.34. The van der Waals surface area contributed by atoms with Gasteiger partial charge < -0.3 is 25.8 Å². The zero-order valence-corrected chi connectivity index (χ0v) is 23.1. The minimum atomic E-state index is -0.368. The van der Waals surface area contributed by atoms with E-state index in [9.17, 15) is 9.18 Å². The fourth-order valence-corrected chi connectivity index (χ4v) is 4.90. The maximum atomic E-state index is 13.9. The molecular weight excluding hydrogens is 533 g/mol. The molecule has 0 spiro atoms. The van der Waals surface area contributed by atoms with Crippen LogP contribution in [-0.4, -0.2) is 64.2 Å². The lowest BCUT2D eigenvalue weighted by atomic mass is 10.1. The number of H-pyrrole nitrogens is 1. The van der Waals surface area contributed by atoms with Crippen LogP contribution in [0.5, 0.6) is 0 Å². The van der Waals surface area contributed by atoms with E-state index in [-0.39, 0.29) is 11.7 Å². The number of aromatic amines is 1. The lowest BCUT2D eigenvalue weighted by Crippen LogP contribution is -2.44. The summed E-state index contributed by atoms with van der Waals surface area (Å²) in [5, 5.41) is 17.4. The Bertz CT molecular complexity index is 1760. The molecule has 0 radical (unpaired) electrons. The standard InChI is InChI=1S/C31H30FN9O/c1-3-26(42)33-22-9-4-7-20(17-22)28-27-29(34-23-10-5-8-21(32)18-23)38-39-30(27)37-31(36-28)35-24-11-6-12-25(19-24)41-15-13-40(2)14-16-41/h3-12,17-19H,1,13-16H2,2H3,(H,33,42)(H3,34,35,36,37,38,39). The van der Waals surface area contributed by atoms with Crippen LogP contribution in [0.1, 0.15) is 0 Å². The van der Waals surface area contributed by atoms with Gasteiger partial charge in [-0.2, -0.15) is 10.1 Å². The van der Waals surface area contributed by atoms with Crippen molar-refractivity contribution in [3.05, 3.63) is 91.3 Å². The number of hydrogen-bond donors (Lipinski definition) is 4. The van der Waals surface area contributed by atoms with Crippen molar-refractivity contribution >= 4 is 51.5 Å². The summed E-state index contributed by atoms with van der Waals surface area (Å²) in [5.41, 5.74) is 4.87. The molecule has 3 heterocycles. The van der Waals surface area contributed by atoms with Crippen LogP contribution in [0.25, 0.3) is 22.3 Å². The summed E-state index contributed by atoms with van der Waals surface area (Å²) in [6, 6.07) is 21.6. The number of fused-ring (bicyclic) bond motifs is 1. The molecule has 10 nitrogen and oxygen atoms in total. The Kier molecular flexibility index (Phi) is 7.48. The average Bonchev–Trinajstić information content (AvgIpc) is 3.39. The Morgan fingerprint density at radius 1 is 0.929 bits per heavy atom. The maximum Gasteiger partial charge on any atom is 0.247 e. The number of aromatic nitrogens is 4. The van der Waals surface area contributed by atoms with Crippen LogP contribution in [0.15, 0.2) is 85.5 Å². The van der Waals surface area contributed by atoms with E-state index in [1.165, 1.54) is 18.2 Å². The molecule has 3 aromatic carbocycles. The third-order valence-corrected chi connectivity index (χ3v) is 7.07. The zero-order valence-electron chi connectivity index (χ0n) is 23.1. The summed E-state index contributed by atoms with van der Waals surface area (Å²) >= 11 is 0. The van der Waals surface area contributed by atoms with E-state index >= 15 is 0 Å². The van der Waals surface area contributed by atoms with Gasteiger partial charge in [0.05, 0.1) is 11.1 Å². The van der Waals surface area contributed by atoms with Gasteiger partial charge in [0.1, 0.15) is 5.82 Å². The summed E-state index contributed by atoms with van der Waals surface area (Å²) in [6.45, 7) is 7.47. The SMILES string of the molecule is C=CC(=O)Nc1cccc(-c2nc(Nc3cccc(N4CCN(C)CC4)c3)nc3[nH]nc(Nc4cccc(F)c4)c23)c1. The summed E-state index contributed by atoms with van der Waals surface area (Å²) < 4.78 is 13.9. The molecule has 0 saturated carbocycles. The van der Waals surface area contributed by atoms with E-state index in [0.717, 1.165) is 43.1 Å². The zero-order chi connectivity index (χ0) is 29.1. The molecule has 0 atom stereocenters. The van der Waals surface area contributed by atoms with Gasteiger partial charge in [0.25, 0.3) is 0 Å². The number of anilines is 6. The van der Waals surface area contributed by atoms with E-state index in [0.29, 0.717) is 39.9 Å². The van der Waals surface area contributed by atoms with Gasteiger partial charge in [0.15, 0.2) is 11.5 Å². The Morgan fingerprint density at radius 3 is 2.45 bits per heavy atom. The van der Waals surface area contributed by atoms with Crippen LogP contribution in [0, 0.1) is 5.82 Å². The van der Waals surface area contributed by atoms with Crippen LogP contribution in [0.3, 0.4) is 0 Å². The molecule has 1 fully saturated rings. The Balaban J connectivity index is 1.39. The van der Waals surface area contributed by atoms with Crippen LogP contribution in [-0.2, 0) is 4.79 Å². The summed E-state index contributed by atoms with van der Waals surface area (Å²) in [7, 11) is 2.14. The summed E-state index contributed by atoms with van der Waals surface area (Å²) in [6.07, 6.45) is 1.21. The molecule has 5 aromatic rings. The highest BCUT2D eigenvalue weighted by molar-refractivity contribution is 6.02. The Morgan fingerprint density at radius 2 is 1.67 bits per heavy atom. The first-order chi connectivity index (χ1) is 20.4. The van der Waals surface area contributed by atoms with E-state index < -0.39 is 0 Å². The molecule has 0 bridgehead atoms. The fraction of sp³-hybridized carbons (Fsp3) is 0.161. The molecule has 212 valence electrons. The van der Waals surface area contributed by atoms with Crippen LogP contribution >= 0.6 is 0 Å². The number of carbonyl (C=O) groups is 1. The fourth-order valence-electron chi connectivity index (χ4n) is 4.90. The smallest absolute Gasteiger partial charge is 0.247 e. The highest BCUT2D eigenvalue weighted by atomic mass is 19.1. The van der Waals surface area contributed by atoms with E-state index in [2.05, 4.69) is 61.7 Å². The molecule has 42 heavy (non-hydrogen) atoms. The topological polar surface area (TPSA) is 114 Å². The van der Waals surface area contributed by atoms with Crippen molar-refractivity contribution < 1.29 is 9.18 Å². The minimum absolute atomic E-state index is 0.320. The van der Waals surface area contributed by atoms with Gasteiger partial charge in [0, 0.05) is 54.5 Å². The largest absolute Gasteiger partial charge is 0.369 e. The van der Waals surface area contributed by atoms with Crippen molar-refractivity contribution in [3.8, 4) is 11.3 Å². The van der Waals surface area contributed by atoms with E-state index in [1.807, 2.05) is 30.3 Å². The number of rotatable bonds is 8. The van der Waals surface area contributed by atoms with Gasteiger partial charge in [0.2, 0.25) is 11.9 Å². The van der Waals surface area contributed by atoms with Crippen LogP contribution < -0.4 is 20.9 Å². The maximum absolute atomic E-state index is 13.9. The Labute approximate surface area is 242 Å². The van der Waals surface area contributed by atoms with Crippen molar-refractivity contribution in [1.82, 2.24) is 25.1 Å². The Hall–Kier alpha value is -5.29. The van der Waals surface area contributed by atoms with Crippen molar-refractivity contribution in [2.75, 3.05) is 54.1 Å². The first kappa shape index (κ1) is 26.9. The molecule has 0 unspecified atom stereocenters. The lowest BCUT2D eigenvalue weighted by molar-refractivity contribution is -0.111. The van der Waals surface area contributed by atoms with Crippen molar-refractivity contribution in [2.24, 2.45) is 0 Å². The quantitative estimate of drug-likeness (QED) is 0.183. The predicted octanol–water partition coefficient (Wildman–Crippen LogP) is 5.52. The van der Waals surface area contributed by atoms with Gasteiger partial charge in [-0.15, -0.1) is 0 Å². The van der Waals surface area contributed by atoms with Crippen molar-refractivity contribution in [2.45, 2.75) is 0 Å². The number of carbonyl (C=O) groups excluding carboxylic acids is 1. The number of benzene rings is 3. The summed E-state index contributed by atoms with van der Waals surface area (Å²) in [5.74, 6) is 0.121. The molecular formula is C31H30FN9O. The second kappa shape index (κ2) is 11.7. The van der Waals surface area contributed by atoms with Gasteiger partial charge >= 0.3 is 0 Å². The average molecular weight is 564 g/mol. The predicted molar refractivity (Wildman–Crippen MR) is 165 cm³/mol. The van der Waals surface area contributed by atoms with E-state index in [4.69, 9.17) is 9.97 Å². The van der Waals surface area contributed by atoms with Gasteiger partial charge in [-0.25, -0.2) is 9.37 Å². The number of piperazine rings is 1. The monoisotopic (exact) mass is 563 g/mol. The number of nitrogens with zero attached hydrogens (tertiary/aromatic N) is 5. The van der Waals surface area contributed by atoms with Gasteiger partial charge in [-0.05, 0) is 61.7 Å². The molecule has 1 saturated heterocycles. The van der Waals surface area contributed by atoms with Crippen LogP contribution in [0.4, 0.5) is 38.9 Å². The summed E-state index contributed by atoms with van der Waals surface area (Å²) in [4.78, 5) is 26.3. The molecule has 1 amide bonds. The third kappa shape index (κ3) is 5.91. The molecule has 11 heteroatoms. The second-order valence-electron chi connectivity index (χ2n) is 10.1. The molecule has 4 N–H and O–H groups in total. The van der Waals surface area contributed by atoms with Gasteiger partial charge in [-0.3, -0.25) is 9.89 Å². The molecule has 2 aromatic heterocycles. The normalized spacial score (nSPS) is 13.6. The first-order valence-electron chi connectivity index (χ1n) is 13.6. The first-order valence-corrected chi connectivity index (χ1v) is 13.6. The highest BCUT2D eigenvalue weighted by Gasteiger charge is 2.19. The van der Waals surface area contributed by atoms with E-state index in [1.54, 1.807) is 18.2 Å². The minimum Gasteiger partial charge on any atom is -0.369 e. The number of hydrogen-bond acceptors (Lipinski definition) is 8. The number of likely N-dealkylation sites (N-methyl/N-ethyl adjacent to an activating group) is 1. The third-order valence-electron chi connectivity index (χ3n) is 7.07. The molecule has 6 rings (SSSR count).